The lowest BCUT2D eigenvalue weighted by molar-refractivity contribution is -0.000952. The molecule has 1 spiro atoms. The minimum absolute atomic E-state index is 0.102. The number of benzene rings is 2. The van der Waals surface area contributed by atoms with Gasteiger partial charge in [0, 0.05) is 61.6 Å². The van der Waals surface area contributed by atoms with Crippen LogP contribution in [0.4, 0.5) is 23.7 Å². The molecule has 2 saturated heterocycles. The third-order valence-corrected chi connectivity index (χ3v) is 7.30. The highest BCUT2D eigenvalue weighted by Gasteiger charge is 2.47. The van der Waals surface area contributed by atoms with Gasteiger partial charge in [0.25, 0.3) is 0 Å². The Labute approximate surface area is 223 Å². The van der Waals surface area contributed by atoms with Gasteiger partial charge in [-0.25, -0.2) is 22.8 Å². The van der Waals surface area contributed by atoms with Crippen molar-refractivity contribution in [2.75, 3.05) is 24.5 Å². The van der Waals surface area contributed by atoms with Gasteiger partial charge in [0.15, 0.2) is 11.6 Å². The van der Waals surface area contributed by atoms with Crippen molar-refractivity contribution < 1.29 is 32.6 Å². The van der Waals surface area contributed by atoms with E-state index in [-0.39, 0.29) is 16.8 Å². The highest BCUT2D eigenvalue weighted by atomic mass is 19.2. The number of halogens is 3. The second kappa shape index (κ2) is 9.71. The molecule has 0 radical (unpaired) electrons. The molecule has 1 aromatic heterocycles. The van der Waals surface area contributed by atoms with Crippen LogP contribution >= 0.6 is 0 Å². The van der Waals surface area contributed by atoms with Gasteiger partial charge >= 0.3 is 12.1 Å². The van der Waals surface area contributed by atoms with Crippen molar-refractivity contribution in [3.8, 4) is 11.3 Å². The molecule has 206 valence electrons. The van der Waals surface area contributed by atoms with E-state index in [1.54, 1.807) is 23.0 Å². The van der Waals surface area contributed by atoms with Gasteiger partial charge in [0.2, 0.25) is 0 Å². The van der Waals surface area contributed by atoms with Crippen LogP contribution in [0.1, 0.15) is 49.5 Å². The number of carboxylic acids is 1. The van der Waals surface area contributed by atoms with Crippen LogP contribution in [0, 0.1) is 17.5 Å². The summed E-state index contributed by atoms with van der Waals surface area (Å²) in [6.07, 6.45) is 2.45. The Morgan fingerprint density at radius 1 is 1.05 bits per heavy atom. The number of anilines is 1. The number of carboxylic acid groups (broad SMARTS) is 1. The zero-order chi connectivity index (χ0) is 28.1. The predicted molar refractivity (Wildman–Crippen MR) is 137 cm³/mol. The number of likely N-dealkylation sites (tertiary alicyclic amines) is 1. The molecule has 0 bridgehead atoms. The minimum atomic E-state index is -1.26. The predicted octanol–water partition coefficient (Wildman–Crippen LogP) is 5.41. The number of piperidine rings is 1. The first kappa shape index (κ1) is 26.7. The van der Waals surface area contributed by atoms with Crippen LogP contribution in [-0.2, 0) is 16.8 Å². The van der Waals surface area contributed by atoms with Gasteiger partial charge < -0.3 is 9.84 Å². The van der Waals surface area contributed by atoms with Crippen LogP contribution in [-0.4, -0.2) is 57.1 Å². The molecule has 8 nitrogen and oxygen atoms in total. The van der Waals surface area contributed by atoms with E-state index >= 15 is 0 Å². The molecule has 5 rings (SSSR count). The maximum absolute atomic E-state index is 14.7. The minimum Gasteiger partial charge on any atom is -0.478 e. The Balaban J connectivity index is 1.32. The topological polar surface area (TPSA) is 87.9 Å². The summed E-state index contributed by atoms with van der Waals surface area (Å²) in [6, 6.07) is 7.44. The number of hydrogen-bond donors (Lipinski definition) is 1. The van der Waals surface area contributed by atoms with Crippen LogP contribution in [0.3, 0.4) is 0 Å². The summed E-state index contributed by atoms with van der Waals surface area (Å²) < 4.78 is 49.8. The summed E-state index contributed by atoms with van der Waals surface area (Å²) in [7, 11) is 0. The molecule has 1 amide bonds. The first-order chi connectivity index (χ1) is 18.3. The van der Waals surface area contributed by atoms with E-state index in [1.165, 1.54) is 17.0 Å². The number of aromatic nitrogens is 2. The van der Waals surface area contributed by atoms with Crippen LogP contribution in [0.5, 0.6) is 0 Å². The molecule has 3 aromatic rings. The quantitative estimate of drug-likeness (QED) is 0.434. The Hall–Kier alpha value is -3.86. The highest BCUT2D eigenvalue weighted by Crippen LogP contribution is 2.37. The lowest BCUT2D eigenvalue weighted by atomic mass is 9.91. The highest BCUT2D eigenvalue weighted by molar-refractivity contribution is 5.92. The molecule has 0 atom stereocenters. The van der Waals surface area contributed by atoms with Crippen molar-refractivity contribution >= 4 is 17.7 Å². The zero-order valence-electron chi connectivity index (χ0n) is 21.9. The fourth-order valence-electron chi connectivity index (χ4n) is 5.03. The molecular formula is C28H29F3N4O4. The van der Waals surface area contributed by atoms with Crippen molar-refractivity contribution in [3.05, 3.63) is 71.2 Å². The van der Waals surface area contributed by atoms with E-state index in [1.807, 2.05) is 20.8 Å². The van der Waals surface area contributed by atoms with Gasteiger partial charge in [0.1, 0.15) is 11.4 Å². The summed E-state index contributed by atoms with van der Waals surface area (Å²) in [5, 5.41) is 13.7. The van der Waals surface area contributed by atoms with E-state index in [2.05, 4.69) is 10.00 Å². The van der Waals surface area contributed by atoms with Crippen molar-refractivity contribution in [2.24, 2.45) is 0 Å². The standard InChI is InChI=1S/C28H29F3N4O4/c1-27(2,3)35-15-18(24(32-35)20-12-22(30)23(31)13-21(20)29)14-33-10-8-28(9-11-33)16-34(26(38)39-28)19-6-4-17(5-7-19)25(36)37/h4-7,12-13,15H,8-11,14,16H2,1-3H3,(H,36,37). The molecule has 1 N–H and O–H groups in total. The molecule has 2 aromatic carbocycles. The van der Waals surface area contributed by atoms with Crippen molar-refractivity contribution in [1.29, 1.82) is 0 Å². The number of rotatable bonds is 5. The van der Waals surface area contributed by atoms with E-state index in [0.717, 1.165) is 6.07 Å². The van der Waals surface area contributed by atoms with Gasteiger partial charge in [-0.3, -0.25) is 14.5 Å². The number of aromatic carboxylic acids is 1. The normalized spacial score (nSPS) is 17.6. The fraction of sp³-hybridized carbons (Fsp3) is 0.393. The van der Waals surface area contributed by atoms with Crippen LogP contribution < -0.4 is 4.90 Å². The Bertz CT molecular complexity index is 1420. The Morgan fingerprint density at radius 3 is 2.31 bits per heavy atom. The van der Waals surface area contributed by atoms with Crippen molar-refractivity contribution in [2.45, 2.75) is 51.3 Å². The first-order valence-corrected chi connectivity index (χ1v) is 12.7. The van der Waals surface area contributed by atoms with Gasteiger partial charge in [-0.1, -0.05) is 0 Å². The number of ether oxygens (including phenoxy) is 1. The molecule has 2 fully saturated rings. The lowest BCUT2D eigenvalue weighted by Crippen LogP contribution is -2.46. The first-order valence-electron chi connectivity index (χ1n) is 12.7. The molecular weight excluding hydrogens is 513 g/mol. The molecule has 2 aliphatic heterocycles. The van der Waals surface area contributed by atoms with E-state index < -0.39 is 40.7 Å². The second-order valence-electron chi connectivity index (χ2n) is 11.1. The monoisotopic (exact) mass is 542 g/mol. The SMILES string of the molecule is CC(C)(C)n1cc(CN2CCC3(CC2)CN(c2ccc(C(=O)O)cc2)C(=O)O3)c(-c2cc(F)c(F)cc2F)n1. The summed E-state index contributed by atoms with van der Waals surface area (Å²) in [5.41, 5.74) is 0.430. The molecule has 2 aliphatic rings. The van der Waals surface area contributed by atoms with E-state index in [4.69, 9.17) is 9.84 Å². The Kier molecular flexibility index (Phi) is 6.66. The number of carbonyl (C=O) groups is 2. The maximum atomic E-state index is 14.7. The molecule has 11 heteroatoms. The third-order valence-electron chi connectivity index (χ3n) is 7.30. The molecule has 0 aliphatic carbocycles. The maximum Gasteiger partial charge on any atom is 0.415 e. The van der Waals surface area contributed by atoms with Gasteiger partial charge in [0.05, 0.1) is 23.3 Å². The average molecular weight is 543 g/mol. The largest absolute Gasteiger partial charge is 0.478 e. The summed E-state index contributed by atoms with van der Waals surface area (Å²) >= 11 is 0. The second-order valence-corrected chi connectivity index (χ2v) is 11.1. The van der Waals surface area contributed by atoms with Gasteiger partial charge in [-0.05, 0) is 51.1 Å². The number of nitrogens with zero attached hydrogens (tertiary/aromatic N) is 4. The van der Waals surface area contributed by atoms with Crippen LogP contribution in [0.15, 0.2) is 42.6 Å². The number of hydrogen-bond acceptors (Lipinski definition) is 5. The molecule has 0 unspecified atom stereocenters. The summed E-state index contributed by atoms with van der Waals surface area (Å²) in [4.78, 5) is 27.5. The molecule has 3 heterocycles. The van der Waals surface area contributed by atoms with Crippen molar-refractivity contribution in [1.82, 2.24) is 14.7 Å². The molecule has 39 heavy (non-hydrogen) atoms. The number of amides is 1. The van der Waals surface area contributed by atoms with Gasteiger partial charge in [-0.15, -0.1) is 0 Å². The fourth-order valence-corrected chi connectivity index (χ4v) is 5.03. The van der Waals surface area contributed by atoms with Crippen LogP contribution in [0.25, 0.3) is 11.3 Å². The summed E-state index contributed by atoms with van der Waals surface area (Å²) in [6.45, 7) is 7.73. The van der Waals surface area contributed by atoms with E-state index in [9.17, 15) is 22.8 Å². The lowest BCUT2D eigenvalue weighted by Gasteiger charge is -2.37. The molecule has 0 saturated carbocycles. The van der Waals surface area contributed by atoms with E-state index in [0.29, 0.717) is 56.3 Å². The number of carbonyl (C=O) groups excluding carboxylic acids is 1. The smallest absolute Gasteiger partial charge is 0.415 e. The average Bonchev–Trinajstić information content (AvgIpc) is 3.44. The Morgan fingerprint density at radius 2 is 1.69 bits per heavy atom. The third kappa shape index (κ3) is 5.23. The van der Waals surface area contributed by atoms with Gasteiger partial charge in [-0.2, -0.15) is 5.10 Å². The summed E-state index contributed by atoms with van der Waals surface area (Å²) in [5.74, 6) is -4.33. The zero-order valence-corrected chi connectivity index (χ0v) is 21.9. The van der Waals surface area contributed by atoms with Crippen molar-refractivity contribution in [3.63, 3.8) is 0 Å². The van der Waals surface area contributed by atoms with Crippen LogP contribution in [0.2, 0.25) is 0 Å².